The Balaban J connectivity index is 1.32. The van der Waals surface area contributed by atoms with E-state index in [1.165, 1.54) is 5.56 Å². The van der Waals surface area contributed by atoms with Gasteiger partial charge in [-0.25, -0.2) is 0 Å². The molecule has 1 saturated heterocycles. The lowest BCUT2D eigenvalue weighted by Gasteiger charge is -2.04. The second-order valence-corrected chi connectivity index (χ2v) is 5.99. The Morgan fingerprint density at radius 2 is 2.12 bits per heavy atom. The van der Waals surface area contributed by atoms with E-state index in [9.17, 15) is 4.79 Å². The Bertz CT molecular complexity index is 636. The zero-order chi connectivity index (χ0) is 16.6. The molecule has 6 heteroatoms. The van der Waals surface area contributed by atoms with Gasteiger partial charge in [0.05, 0.1) is 0 Å². The minimum Gasteiger partial charge on any atom is -0.368 e. The molecule has 1 aliphatic heterocycles. The highest BCUT2D eigenvalue weighted by molar-refractivity contribution is 5.75. The van der Waals surface area contributed by atoms with Crippen LogP contribution in [0.4, 0.5) is 0 Å². The summed E-state index contributed by atoms with van der Waals surface area (Å²) in [6, 6.07) is 10.2. The third kappa shape index (κ3) is 4.89. The Morgan fingerprint density at radius 1 is 1.25 bits per heavy atom. The van der Waals surface area contributed by atoms with Crippen molar-refractivity contribution >= 4 is 5.91 Å². The van der Waals surface area contributed by atoms with Gasteiger partial charge in [-0.2, -0.15) is 4.98 Å². The molecule has 24 heavy (non-hydrogen) atoms. The zero-order valence-corrected chi connectivity index (χ0v) is 13.7. The standard InChI is InChI=1S/C18H23N3O3/c22-17(10-4-8-14-6-2-1-3-7-14)19-12-11-16-20-18(24-21-16)15-9-5-13-23-15/h1-3,6-7,15H,4-5,8-13H2,(H,19,22). The van der Waals surface area contributed by atoms with E-state index in [2.05, 4.69) is 27.6 Å². The summed E-state index contributed by atoms with van der Waals surface area (Å²) in [4.78, 5) is 16.2. The summed E-state index contributed by atoms with van der Waals surface area (Å²) in [5.41, 5.74) is 1.26. The summed E-state index contributed by atoms with van der Waals surface area (Å²) < 4.78 is 10.7. The van der Waals surface area contributed by atoms with Gasteiger partial charge in [0.25, 0.3) is 5.89 Å². The number of carbonyl (C=O) groups excluding carboxylic acids is 1. The van der Waals surface area contributed by atoms with Crippen molar-refractivity contribution in [2.24, 2.45) is 0 Å². The van der Waals surface area contributed by atoms with Crippen LogP contribution in [0.5, 0.6) is 0 Å². The molecule has 1 aromatic carbocycles. The van der Waals surface area contributed by atoms with Crippen LogP contribution in [0.2, 0.25) is 0 Å². The molecule has 0 radical (unpaired) electrons. The summed E-state index contributed by atoms with van der Waals surface area (Å²) in [7, 11) is 0. The van der Waals surface area contributed by atoms with Crippen LogP contribution in [0, 0.1) is 0 Å². The van der Waals surface area contributed by atoms with Crippen molar-refractivity contribution in [3.63, 3.8) is 0 Å². The number of aryl methyl sites for hydroxylation is 1. The highest BCUT2D eigenvalue weighted by Gasteiger charge is 2.23. The molecule has 1 atom stereocenters. The topological polar surface area (TPSA) is 77.2 Å². The molecule has 2 heterocycles. The van der Waals surface area contributed by atoms with Gasteiger partial charge in [0, 0.05) is 26.0 Å². The summed E-state index contributed by atoms with van der Waals surface area (Å²) in [5, 5.41) is 6.85. The maximum absolute atomic E-state index is 11.8. The number of hydrogen-bond donors (Lipinski definition) is 1. The van der Waals surface area contributed by atoms with Gasteiger partial charge < -0.3 is 14.6 Å². The highest BCUT2D eigenvalue weighted by Crippen LogP contribution is 2.26. The first kappa shape index (κ1) is 16.6. The second kappa shape index (κ2) is 8.59. The number of hydrogen-bond acceptors (Lipinski definition) is 5. The van der Waals surface area contributed by atoms with E-state index in [1.54, 1.807) is 0 Å². The number of benzene rings is 1. The molecule has 1 fully saturated rings. The van der Waals surface area contributed by atoms with Gasteiger partial charge in [0.2, 0.25) is 5.91 Å². The number of nitrogens with zero attached hydrogens (tertiary/aromatic N) is 2. The number of amides is 1. The Labute approximate surface area is 141 Å². The van der Waals surface area contributed by atoms with Crippen molar-refractivity contribution in [2.45, 2.75) is 44.6 Å². The maximum Gasteiger partial charge on any atom is 0.255 e. The van der Waals surface area contributed by atoms with Gasteiger partial charge in [-0.15, -0.1) is 0 Å². The van der Waals surface area contributed by atoms with E-state index in [-0.39, 0.29) is 12.0 Å². The van der Waals surface area contributed by atoms with E-state index in [1.807, 2.05) is 18.2 Å². The molecule has 3 rings (SSSR count). The van der Waals surface area contributed by atoms with Crippen LogP contribution in [0.1, 0.15) is 49.1 Å². The average molecular weight is 329 g/mol. The smallest absolute Gasteiger partial charge is 0.255 e. The largest absolute Gasteiger partial charge is 0.368 e. The first-order valence-electron chi connectivity index (χ1n) is 8.56. The zero-order valence-electron chi connectivity index (χ0n) is 13.7. The number of carbonyl (C=O) groups is 1. The van der Waals surface area contributed by atoms with Gasteiger partial charge in [0.15, 0.2) is 5.82 Å². The van der Waals surface area contributed by atoms with Gasteiger partial charge >= 0.3 is 0 Å². The fourth-order valence-corrected chi connectivity index (χ4v) is 2.77. The van der Waals surface area contributed by atoms with Crippen LogP contribution in [0.15, 0.2) is 34.9 Å². The first-order chi connectivity index (χ1) is 11.8. The molecule has 0 bridgehead atoms. The van der Waals surface area contributed by atoms with E-state index >= 15 is 0 Å². The molecular weight excluding hydrogens is 306 g/mol. The fourth-order valence-electron chi connectivity index (χ4n) is 2.77. The third-order valence-electron chi connectivity index (χ3n) is 4.07. The number of ether oxygens (including phenoxy) is 1. The van der Waals surface area contributed by atoms with Crippen molar-refractivity contribution < 1.29 is 14.1 Å². The predicted octanol–water partition coefficient (Wildman–Crippen LogP) is 2.60. The summed E-state index contributed by atoms with van der Waals surface area (Å²) >= 11 is 0. The van der Waals surface area contributed by atoms with Crippen molar-refractivity contribution in [1.29, 1.82) is 0 Å². The fraction of sp³-hybridized carbons (Fsp3) is 0.500. The van der Waals surface area contributed by atoms with Crippen LogP contribution >= 0.6 is 0 Å². The molecule has 0 aliphatic carbocycles. The van der Waals surface area contributed by atoms with Crippen LogP contribution in [-0.4, -0.2) is 29.2 Å². The molecule has 0 saturated carbocycles. The third-order valence-corrected chi connectivity index (χ3v) is 4.07. The SMILES string of the molecule is O=C(CCCc1ccccc1)NCCc1noc(C2CCCO2)n1. The van der Waals surface area contributed by atoms with Gasteiger partial charge in [-0.3, -0.25) is 4.79 Å². The second-order valence-electron chi connectivity index (χ2n) is 5.99. The van der Waals surface area contributed by atoms with E-state index < -0.39 is 0 Å². The average Bonchev–Trinajstić information content (AvgIpc) is 3.27. The summed E-state index contributed by atoms with van der Waals surface area (Å²) in [6.45, 7) is 1.27. The molecule has 1 N–H and O–H groups in total. The predicted molar refractivity (Wildman–Crippen MR) is 88.3 cm³/mol. The molecule has 0 spiro atoms. The first-order valence-corrected chi connectivity index (χ1v) is 8.56. The molecule has 1 aliphatic rings. The Hall–Kier alpha value is -2.21. The van der Waals surface area contributed by atoms with E-state index in [0.29, 0.717) is 31.1 Å². The minimum atomic E-state index is -0.0566. The highest BCUT2D eigenvalue weighted by atomic mass is 16.5. The number of aromatic nitrogens is 2. The van der Waals surface area contributed by atoms with Crippen molar-refractivity contribution in [3.8, 4) is 0 Å². The van der Waals surface area contributed by atoms with Crippen LogP contribution in [0.25, 0.3) is 0 Å². The molecule has 6 nitrogen and oxygen atoms in total. The molecular formula is C18H23N3O3. The normalized spacial score (nSPS) is 17.1. The molecule has 1 aromatic heterocycles. The van der Waals surface area contributed by atoms with Crippen LogP contribution in [0.3, 0.4) is 0 Å². The lowest BCUT2D eigenvalue weighted by molar-refractivity contribution is -0.121. The molecule has 1 unspecified atom stereocenters. The number of rotatable bonds is 8. The van der Waals surface area contributed by atoms with Crippen LogP contribution in [-0.2, 0) is 22.4 Å². The quantitative estimate of drug-likeness (QED) is 0.805. The Morgan fingerprint density at radius 3 is 2.92 bits per heavy atom. The number of nitrogens with one attached hydrogen (secondary N) is 1. The van der Waals surface area contributed by atoms with E-state index in [4.69, 9.17) is 9.26 Å². The monoisotopic (exact) mass is 329 g/mol. The molecule has 2 aromatic rings. The minimum absolute atomic E-state index is 0.0566. The van der Waals surface area contributed by atoms with Gasteiger partial charge in [-0.05, 0) is 31.2 Å². The Kier molecular flexibility index (Phi) is 5.96. The maximum atomic E-state index is 11.8. The van der Waals surface area contributed by atoms with Crippen LogP contribution < -0.4 is 5.32 Å². The van der Waals surface area contributed by atoms with Crippen molar-refractivity contribution in [1.82, 2.24) is 15.5 Å². The molecule has 128 valence electrons. The lowest BCUT2D eigenvalue weighted by Crippen LogP contribution is -2.25. The van der Waals surface area contributed by atoms with E-state index in [0.717, 1.165) is 32.3 Å². The van der Waals surface area contributed by atoms with Crippen molar-refractivity contribution in [3.05, 3.63) is 47.6 Å². The van der Waals surface area contributed by atoms with Gasteiger partial charge in [-0.1, -0.05) is 35.5 Å². The molecule has 1 amide bonds. The lowest BCUT2D eigenvalue weighted by atomic mass is 10.1. The van der Waals surface area contributed by atoms with Gasteiger partial charge in [0.1, 0.15) is 6.10 Å². The summed E-state index contributed by atoms with van der Waals surface area (Å²) in [6.07, 6.45) is 4.77. The summed E-state index contributed by atoms with van der Waals surface area (Å²) in [5.74, 6) is 1.23. The van der Waals surface area contributed by atoms with Crippen molar-refractivity contribution in [2.75, 3.05) is 13.2 Å².